The van der Waals surface area contributed by atoms with Crippen molar-refractivity contribution < 1.29 is 17.6 Å². The van der Waals surface area contributed by atoms with E-state index in [0.29, 0.717) is 42.8 Å². The molecule has 0 saturated heterocycles. The van der Waals surface area contributed by atoms with E-state index in [2.05, 4.69) is 25.7 Å². The summed E-state index contributed by atoms with van der Waals surface area (Å²) in [6.07, 6.45) is 3.37. The normalized spacial score (nSPS) is 17.6. The smallest absolute Gasteiger partial charge is 0.380 e. The van der Waals surface area contributed by atoms with Gasteiger partial charge in [-0.1, -0.05) is 6.42 Å². The van der Waals surface area contributed by atoms with Gasteiger partial charge in [-0.15, -0.1) is 0 Å². The number of aromatic nitrogens is 5. The van der Waals surface area contributed by atoms with Gasteiger partial charge in [-0.3, -0.25) is 14.6 Å². The molecule has 5 rings (SSSR count). The second-order valence-corrected chi connectivity index (χ2v) is 9.87. The Morgan fingerprint density at radius 3 is 2.67 bits per heavy atom. The van der Waals surface area contributed by atoms with Crippen molar-refractivity contribution in [3.8, 4) is 11.3 Å². The minimum Gasteiger partial charge on any atom is -0.380 e. The van der Waals surface area contributed by atoms with E-state index in [9.17, 15) is 22.8 Å². The Morgan fingerprint density at radius 2 is 1.95 bits per heavy atom. The third kappa shape index (κ3) is 5.68. The Bertz CT molecular complexity index is 1630. The van der Waals surface area contributed by atoms with E-state index in [1.807, 2.05) is 12.0 Å². The van der Waals surface area contributed by atoms with Crippen LogP contribution >= 0.6 is 0 Å². The number of alkyl halides is 3. The zero-order valence-corrected chi connectivity index (χ0v) is 21.6. The second-order valence-electron chi connectivity index (χ2n) is 9.87. The summed E-state index contributed by atoms with van der Waals surface area (Å²) in [6.45, 7) is 2.93. The summed E-state index contributed by atoms with van der Waals surface area (Å²) in [4.78, 5) is 33.5. The van der Waals surface area contributed by atoms with Crippen molar-refractivity contribution in [2.45, 2.75) is 51.4 Å². The fourth-order valence-corrected chi connectivity index (χ4v) is 5.26. The first-order valence-electron chi connectivity index (χ1n) is 12.9. The minimum atomic E-state index is -4.83. The molecule has 40 heavy (non-hydrogen) atoms. The third-order valence-electron chi connectivity index (χ3n) is 7.09. The number of anilines is 2. The fourth-order valence-electron chi connectivity index (χ4n) is 5.26. The first-order chi connectivity index (χ1) is 19.1. The molecule has 0 amide bonds. The summed E-state index contributed by atoms with van der Waals surface area (Å²) < 4.78 is 56.9. The van der Waals surface area contributed by atoms with Crippen molar-refractivity contribution in [2.24, 2.45) is 5.92 Å². The van der Waals surface area contributed by atoms with Crippen molar-refractivity contribution in [1.29, 1.82) is 0 Å². The molecule has 210 valence electrons. The van der Waals surface area contributed by atoms with E-state index in [1.165, 1.54) is 23.0 Å². The van der Waals surface area contributed by atoms with Gasteiger partial charge in [0.15, 0.2) is 0 Å². The molecule has 9 nitrogen and oxygen atoms in total. The minimum absolute atomic E-state index is 0.0136. The highest BCUT2D eigenvalue weighted by molar-refractivity contribution is 5.86. The number of halogens is 4. The Hall–Kier alpha value is -4.29. The number of hydrogen-bond donors (Lipinski definition) is 3. The quantitative estimate of drug-likeness (QED) is 0.280. The molecular weight excluding hydrogens is 530 g/mol. The maximum absolute atomic E-state index is 15.1. The lowest BCUT2D eigenvalue weighted by Gasteiger charge is -2.31. The largest absolute Gasteiger partial charge is 0.423 e. The lowest BCUT2D eigenvalue weighted by molar-refractivity contribution is -0.138. The summed E-state index contributed by atoms with van der Waals surface area (Å²) in [5, 5.41) is 12.0. The summed E-state index contributed by atoms with van der Waals surface area (Å²) in [5.74, 6) is -0.0348. The number of hydrogen-bond acceptors (Lipinski definition) is 7. The van der Waals surface area contributed by atoms with Crippen molar-refractivity contribution >= 4 is 22.3 Å². The highest BCUT2D eigenvalue weighted by atomic mass is 19.4. The highest BCUT2D eigenvalue weighted by Crippen LogP contribution is 2.34. The van der Waals surface area contributed by atoms with E-state index >= 15 is 4.39 Å². The molecule has 1 aliphatic carbocycles. The van der Waals surface area contributed by atoms with Crippen LogP contribution in [-0.4, -0.2) is 37.3 Å². The number of rotatable bonds is 7. The molecule has 13 heteroatoms. The molecule has 0 bridgehead atoms. The van der Waals surface area contributed by atoms with Crippen LogP contribution in [-0.2, 0) is 12.7 Å². The first kappa shape index (κ1) is 27.3. The molecule has 4 aromatic rings. The molecule has 3 aromatic heterocycles. The van der Waals surface area contributed by atoms with Gasteiger partial charge in [-0.05, 0) is 55.7 Å². The van der Waals surface area contributed by atoms with Gasteiger partial charge in [-0.2, -0.15) is 18.3 Å². The topological polar surface area (TPSA) is 118 Å². The monoisotopic (exact) mass is 557 g/mol. The number of H-pyrrole nitrogens is 1. The van der Waals surface area contributed by atoms with Crippen LogP contribution in [0.4, 0.5) is 29.1 Å². The number of pyridine rings is 1. The van der Waals surface area contributed by atoms with Gasteiger partial charge in [0.05, 0.1) is 35.4 Å². The maximum atomic E-state index is 15.1. The van der Waals surface area contributed by atoms with Crippen molar-refractivity contribution in [3.63, 3.8) is 0 Å². The van der Waals surface area contributed by atoms with Gasteiger partial charge in [0.1, 0.15) is 17.2 Å². The summed E-state index contributed by atoms with van der Waals surface area (Å²) in [6, 6.07) is 4.17. The average molecular weight is 558 g/mol. The van der Waals surface area contributed by atoms with Crippen LogP contribution in [0.3, 0.4) is 0 Å². The summed E-state index contributed by atoms with van der Waals surface area (Å²) in [5.41, 5.74) is -2.76. The molecule has 0 aliphatic heterocycles. The number of nitrogens with one attached hydrogen (secondary N) is 3. The standard InChI is InChI=1S/C27H27F4N7O2/c1-2-32-23-13-33-21(11-34-23)19-9-16-6-7-38(26(40)18(16)10-20(19)28)14-15-4-3-5-17(8-15)36-22-12-35-37-25(39)24(22)27(29,30)31/h6-7,9-13,15,17H,2-5,8,14H2,1H3,(H,32,34)(H2,36,37,39)/t15-,17+/m1/s1. The van der Waals surface area contributed by atoms with Crippen LogP contribution in [0.5, 0.6) is 0 Å². The van der Waals surface area contributed by atoms with Crippen LogP contribution in [0.2, 0.25) is 0 Å². The van der Waals surface area contributed by atoms with Gasteiger partial charge in [-0.25, -0.2) is 14.5 Å². The molecule has 1 fully saturated rings. The molecule has 2 atom stereocenters. The highest BCUT2D eigenvalue weighted by Gasteiger charge is 2.38. The van der Waals surface area contributed by atoms with E-state index < -0.39 is 23.1 Å². The number of benzene rings is 1. The van der Waals surface area contributed by atoms with Crippen LogP contribution in [0.15, 0.2) is 52.6 Å². The SMILES string of the molecule is CCNc1cnc(-c2cc3ccn(C[C@@H]4CCC[C@H](Nc5cn[nH]c(=O)c5C(F)(F)F)C4)c(=O)c3cc2F)cn1. The molecule has 3 heterocycles. The van der Waals surface area contributed by atoms with Crippen LogP contribution in [0.25, 0.3) is 22.0 Å². The molecule has 0 unspecified atom stereocenters. The zero-order chi connectivity index (χ0) is 28.4. The van der Waals surface area contributed by atoms with Gasteiger partial charge in [0.2, 0.25) is 0 Å². The predicted molar refractivity (Wildman–Crippen MR) is 143 cm³/mol. The fraction of sp³-hybridized carbons (Fsp3) is 0.370. The molecule has 1 aliphatic rings. The lowest BCUT2D eigenvalue weighted by Crippen LogP contribution is -2.33. The van der Waals surface area contributed by atoms with Gasteiger partial charge in [0.25, 0.3) is 11.1 Å². The molecule has 1 saturated carbocycles. The molecule has 1 aromatic carbocycles. The van der Waals surface area contributed by atoms with Crippen molar-refractivity contribution in [3.05, 3.63) is 75.1 Å². The van der Waals surface area contributed by atoms with Crippen LogP contribution in [0, 0.1) is 11.7 Å². The predicted octanol–water partition coefficient (Wildman–Crippen LogP) is 4.80. The van der Waals surface area contributed by atoms with Crippen molar-refractivity contribution in [1.82, 2.24) is 24.7 Å². The van der Waals surface area contributed by atoms with E-state index in [0.717, 1.165) is 19.0 Å². The number of aromatic amines is 1. The van der Waals surface area contributed by atoms with Crippen LogP contribution in [0.1, 0.15) is 38.2 Å². The second kappa shape index (κ2) is 11.1. The van der Waals surface area contributed by atoms with Crippen molar-refractivity contribution in [2.75, 3.05) is 17.2 Å². The Morgan fingerprint density at radius 1 is 1.12 bits per heavy atom. The van der Waals surface area contributed by atoms with E-state index in [4.69, 9.17) is 0 Å². The van der Waals surface area contributed by atoms with Crippen LogP contribution < -0.4 is 21.8 Å². The Labute approximate surface area is 225 Å². The maximum Gasteiger partial charge on any atom is 0.423 e. The van der Waals surface area contributed by atoms with Gasteiger partial charge in [0, 0.05) is 30.9 Å². The number of nitrogens with zero attached hydrogens (tertiary/aromatic N) is 4. The van der Waals surface area contributed by atoms with Gasteiger partial charge >= 0.3 is 6.18 Å². The van der Waals surface area contributed by atoms with Gasteiger partial charge < -0.3 is 15.2 Å². The first-order valence-corrected chi connectivity index (χ1v) is 12.9. The average Bonchev–Trinajstić information content (AvgIpc) is 2.91. The Kier molecular flexibility index (Phi) is 7.55. The summed E-state index contributed by atoms with van der Waals surface area (Å²) in [7, 11) is 0. The zero-order valence-electron chi connectivity index (χ0n) is 21.6. The van der Waals surface area contributed by atoms with E-state index in [-0.39, 0.29) is 34.2 Å². The number of fused-ring (bicyclic) bond motifs is 1. The lowest BCUT2D eigenvalue weighted by atomic mass is 9.85. The summed E-state index contributed by atoms with van der Waals surface area (Å²) >= 11 is 0. The molecule has 0 radical (unpaired) electrons. The molecule has 0 spiro atoms. The van der Waals surface area contributed by atoms with E-state index in [1.54, 1.807) is 18.3 Å². The Balaban J connectivity index is 1.34. The molecular formula is C27H27F4N7O2. The third-order valence-corrected chi connectivity index (χ3v) is 7.09. The molecule has 3 N–H and O–H groups in total.